The minimum absolute atomic E-state index is 0. The van der Waals surface area contributed by atoms with E-state index in [-0.39, 0.29) is 12.6 Å². The van der Waals surface area contributed by atoms with Crippen molar-refractivity contribution in [3.05, 3.63) is 12.2 Å². The first-order valence-corrected chi connectivity index (χ1v) is 16.0. The summed E-state index contributed by atoms with van der Waals surface area (Å²) in [5.41, 5.74) is 0. The third-order valence-corrected chi connectivity index (χ3v) is 7.82. The lowest BCUT2D eigenvalue weighted by Gasteiger charge is -2.41. The van der Waals surface area contributed by atoms with Crippen molar-refractivity contribution in [3.63, 3.8) is 0 Å². The molecule has 0 amide bonds. The van der Waals surface area contributed by atoms with Crippen LogP contribution in [-0.4, -0.2) is 97.4 Å². The fraction of sp³-hybridized carbons (Fsp3) is 0.889. The molecule has 0 aromatic carbocycles. The number of rotatable bonds is 22. The van der Waals surface area contributed by atoms with E-state index in [1.54, 1.807) is 0 Å². The highest BCUT2D eigenvalue weighted by molar-refractivity contribution is 7.47. The van der Waals surface area contributed by atoms with Gasteiger partial charge in [0, 0.05) is 6.42 Å². The number of ether oxygens (including phenoxy) is 1. The van der Waals surface area contributed by atoms with Gasteiger partial charge in [-0.1, -0.05) is 70.4 Å². The topological polar surface area (TPSA) is 238 Å². The van der Waals surface area contributed by atoms with Crippen molar-refractivity contribution in [1.82, 2.24) is 6.15 Å². The Morgan fingerprint density at radius 1 is 0.756 bits per heavy atom. The van der Waals surface area contributed by atoms with Crippen LogP contribution in [0.5, 0.6) is 0 Å². The first-order valence-electron chi connectivity index (χ1n) is 14.5. The van der Waals surface area contributed by atoms with Crippen LogP contribution in [-0.2, 0) is 23.1 Å². The van der Waals surface area contributed by atoms with Crippen molar-refractivity contribution in [2.45, 2.75) is 140 Å². The number of unbranched alkanes of at least 4 members (excludes halogenated alkanes) is 11. The van der Waals surface area contributed by atoms with Crippen LogP contribution in [0, 0.1) is 0 Å². The van der Waals surface area contributed by atoms with E-state index in [9.17, 15) is 44.9 Å². The van der Waals surface area contributed by atoms with Gasteiger partial charge in [-0.05, 0) is 32.1 Å². The van der Waals surface area contributed by atoms with Crippen molar-refractivity contribution in [2.24, 2.45) is 0 Å². The molecule has 0 aromatic heterocycles. The molecular formula is C27H54NO12P. The van der Waals surface area contributed by atoms with E-state index in [1.165, 1.54) is 38.5 Å². The summed E-state index contributed by atoms with van der Waals surface area (Å²) in [6.07, 6.45) is 6.32. The highest BCUT2D eigenvalue weighted by Crippen LogP contribution is 2.47. The summed E-state index contributed by atoms with van der Waals surface area (Å²) in [5.74, 6) is -0.518. The fourth-order valence-electron chi connectivity index (χ4n) is 4.34. The van der Waals surface area contributed by atoms with Gasteiger partial charge in [-0.15, -0.1) is 0 Å². The number of hydrogen-bond acceptors (Lipinski definition) is 12. The summed E-state index contributed by atoms with van der Waals surface area (Å²) >= 11 is 0. The van der Waals surface area contributed by atoms with E-state index in [0.717, 1.165) is 38.5 Å². The largest absolute Gasteiger partial charge is 0.472 e. The Labute approximate surface area is 243 Å². The maximum Gasteiger partial charge on any atom is 0.472 e. The number of aliphatic hydroxyl groups excluding tert-OH is 6. The van der Waals surface area contributed by atoms with Crippen molar-refractivity contribution < 1.29 is 58.7 Å². The molecule has 1 aliphatic rings. The Kier molecular flexibility index (Phi) is 22.0. The van der Waals surface area contributed by atoms with Crippen LogP contribution < -0.4 is 6.15 Å². The number of aliphatic hydroxyl groups is 6. The van der Waals surface area contributed by atoms with Crippen LogP contribution in [0.4, 0.5) is 0 Å². The summed E-state index contributed by atoms with van der Waals surface area (Å²) in [7, 11) is -4.98. The number of carbonyl (C=O) groups is 1. The number of hydrogen-bond donors (Lipinski definition) is 8. The molecule has 8 atom stereocenters. The molecule has 1 fully saturated rings. The first kappa shape index (κ1) is 40.0. The van der Waals surface area contributed by atoms with Gasteiger partial charge in [0.15, 0.2) is 0 Å². The number of phosphoric acid groups is 1. The second-order valence-electron chi connectivity index (χ2n) is 10.5. The molecule has 244 valence electrons. The van der Waals surface area contributed by atoms with Crippen molar-refractivity contribution in [1.29, 1.82) is 0 Å². The SMILES string of the molecule is CCCCCCCC/C=C\CCCCCCCC(=O)OC[C@@H](O)COP(=O)(O)OC1[C@H](O)[C@H](O)C(O)[C@H](O)[C@H]1O.N. The van der Waals surface area contributed by atoms with E-state index in [0.29, 0.717) is 6.42 Å². The predicted molar refractivity (Wildman–Crippen MR) is 152 cm³/mol. The highest BCUT2D eigenvalue weighted by Gasteiger charge is 2.51. The zero-order valence-electron chi connectivity index (χ0n) is 24.3. The molecule has 13 nitrogen and oxygen atoms in total. The number of esters is 1. The van der Waals surface area contributed by atoms with Gasteiger partial charge >= 0.3 is 13.8 Å². The van der Waals surface area contributed by atoms with Gasteiger partial charge in [-0.3, -0.25) is 13.8 Å². The third-order valence-electron chi connectivity index (χ3n) is 6.84. The molecule has 0 radical (unpaired) electrons. The lowest BCUT2D eigenvalue weighted by Crippen LogP contribution is -2.64. The average molecular weight is 616 g/mol. The molecule has 0 heterocycles. The summed E-state index contributed by atoms with van der Waals surface area (Å²) in [6, 6.07) is 0. The summed E-state index contributed by atoms with van der Waals surface area (Å²) < 4.78 is 26.3. The van der Waals surface area contributed by atoms with Gasteiger partial charge < -0.3 is 46.4 Å². The smallest absolute Gasteiger partial charge is 0.463 e. The van der Waals surface area contributed by atoms with E-state index in [2.05, 4.69) is 28.1 Å². The Morgan fingerprint density at radius 3 is 1.76 bits per heavy atom. The Hall–Kier alpha value is -0.960. The molecule has 14 heteroatoms. The molecular weight excluding hydrogens is 561 g/mol. The lowest BCUT2D eigenvalue weighted by molar-refractivity contribution is -0.220. The maximum atomic E-state index is 12.1. The predicted octanol–water partition coefficient (Wildman–Crippen LogP) is 2.41. The van der Waals surface area contributed by atoms with Crippen molar-refractivity contribution >= 4 is 13.8 Å². The molecule has 10 N–H and O–H groups in total. The number of phosphoric ester groups is 1. The van der Waals surface area contributed by atoms with E-state index >= 15 is 0 Å². The van der Waals surface area contributed by atoms with Gasteiger partial charge in [-0.2, -0.15) is 0 Å². The van der Waals surface area contributed by atoms with Crippen LogP contribution >= 0.6 is 7.82 Å². The Balaban J connectivity index is 0.0000160. The molecule has 1 aliphatic carbocycles. The standard InChI is InChI=1S/C27H51O12P.H3N/c1-2-3-4-5-6-7-8-9-10-11-12-13-14-15-16-17-21(29)37-18-20(28)19-38-40(35,36)39-27-25(33)23(31)22(30)24(32)26(27)34;/h9-10,20,22-28,30-34H,2-8,11-19H2,1H3,(H,35,36);1H3/b10-9-;/t20-,22?,23-,24+,25-,26-,27?;/m1./s1. The second-order valence-corrected chi connectivity index (χ2v) is 11.9. The Morgan fingerprint density at radius 2 is 1.22 bits per heavy atom. The van der Waals surface area contributed by atoms with Gasteiger partial charge in [0.05, 0.1) is 6.61 Å². The lowest BCUT2D eigenvalue weighted by atomic mass is 9.85. The van der Waals surface area contributed by atoms with E-state index < -0.39 is 69.7 Å². The minimum atomic E-state index is -4.98. The normalized spacial score (nSPS) is 26.8. The molecule has 41 heavy (non-hydrogen) atoms. The van der Waals surface area contributed by atoms with Crippen molar-refractivity contribution in [3.8, 4) is 0 Å². The Bertz CT molecular complexity index is 742. The van der Waals surface area contributed by atoms with Crippen LogP contribution in [0.25, 0.3) is 0 Å². The number of allylic oxidation sites excluding steroid dienone is 2. The van der Waals surface area contributed by atoms with Gasteiger partial charge in [0.25, 0.3) is 0 Å². The zero-order chi connectivity index (χ0) is 30.0. The molecule has 1 saturated carbocycles. The van der Waals surface area contributed by atoms with Gasteiger partial charge in [-0.25, -0.2) is 4.57 Å². The van der Waals surface area contributed by atoms with E-state index in [1.807, 2.05) is 0 Å². The molecule has 0 aliphatic heterocycles. The molecule has 0 bridgehead atoms. The fourth-order valence-corrected chi connectivity index (χ4v) is 5.31. The van der Waals surface area contributed by atoms with Crippen molar-refractivity contribution in [2.75, 3.05) is 13.2 Å². The van der Waals surface area contributed by atoms with E-state index in [4.69, 9.17) is 4.74 Å². The van der Waals surface area contributed by atoms with Gasteiger partial charge in [0.2, 0.25) is 0 Å². The first-order chi connectivity index (χ1) is 19.0. The number of carbonyl (C=O) groups excluding carboxylic acids is 1. The van der Waals surface area contributed by atoms with Crippen LogP contribution in [0.15, 0.2) is 12.2 Å². The third kappa shape index (κ3) is 17.1. The highest BCUT2D eigenvalue weighted by atomic mass is 31.2. The summed E-state index contributed by atoms with van der Waals surface area (Å²) in [4.78, 5) is 21.7. The minimum Gasteiger partial charge on any atom is -0.463 e. The summed E-state index contributed by atoms with van der Waals surface area (Å²) in [6.45, 7) is 0.964. The zero-order valence-corrected chi connectivity index (χ0v) is 25.2. The van der Waals surface area contributed by atoms with Gasteiger partial charge in [0.1, 0.15) is 49.3 Å². The molecule has 1 rings (SSSR count). The molecule has 0 saturated heterocycles. The molecule has 0 aromatic rings. The second kappa shape index (κ2) is 22.6. The molecule has 0 spiro atoms. The quantitative estimate of drug-likeness (QED) is 0.0378. The average Bonchev–Trinajstić information content (AvgIpc) is 2.93. The monoisotopic (exact) mass is 615 g/mol. The van der Waals surface area contributed by atoms with Crippen LogP contribution in [0.1, 0.15) is 96.8 Å². The van der Waals surface area contributed by atoms with Crippen LogP contribution in [0.2, 0.25) is 0 Å². The molecule has 3 unspecified atom stereocenters. The van der Waals surface area contributed by atoms with Crippen LogP contribution in [0.3, 0.4) is 0 Å². The maximum absolute atomic E-state index is 12.1. The summed E-state index contributed by atoms with van der Waals surface area (Å²) in [5, 5.41) is 58.5.